The van der Waals surface area contributed by atoms with E-state index in [-0.39, 0.29) is 18.1 Å². The Morgan fingerprint density at radius 3 is 2.86 bits per heavy atom. The van der Waals surface area contributed by atoms with Crippen LogP contribution in [0, 0.1) is 6.92 Å². The van der Waals surface area contributed by atoms with Crippen LogP contribution in [0.3, 0.4) is 0 Å². The van der Waals surface area contributed by atoms with Gasteiger partial charge in [0.15, 0.2) is 11.5 Å². The van der Waals surface area contributed by atoms with Gasteiger partial charge in [0.2, 0.25) is 0 Å². The molecule has 0 saturated carbocycles. The van der Waals surface area contributed by atoms with Gasteiger partial charge in [0.1, 0.15) is 18.1 Å². The number of nitrogens with zero attached hydrogens (tertiary/aromatic N) is 2. The van der Waals surface area contributed by atoms with Crippen LogP contribution in [0.5, 0.6) is 11.5 Å². The summed E-state index contributed by atoms with van der Waals surface area (Å²) in [6.45, 7) is 1.99. The summed E-state index contributed by atoms with van der Waals surface area (Å²) in [5, 5.41) is 18.7. The van der Waals surface area contributed by atoms with Crippen LogP contribution in [0.15, 0.2) is 42.6 Å². The number of imidazole rings is 1. The molecule has 2 N–H and O–H groups in total. The Hall–Kier alpha value is -3.02. The molecule has 0 unspecified atom stereocenters. The topological polar surface area (TPSA) is 84.1 Å². The van der Waals surface area contributed by atoms with Gasteiger partial charge >= 0.3 is 5.97 Å². The Labute approximate surface area is 126 Å². The van der Waals surface area contributed by atoms with E-state index in [0.717, 1.165) is 5.56 Å². The van der Waals surface area contributed by atoms with Crippen LogP contribution < -0.4 is 4.74 Å². The number of carboxylic acids is 1. The number of aromatic carboxylic acids is 1. The van der Waals surface area contributed by atoms with Gasteiger partial charge in [-0.3, -0.25) is 4.40 Å². The zero-order valence-electron chi connectivity index (χ0n) is 11.9. The van der Waals surface area contributed by atoms with E-state index in [4.69, 9.17) is 4.74 Å². The molecule has 0 aliphatic carbocycles. The van der Waals surface area contributed by atoms with Crippen molar-refractivity contribution in [3.8, 4) is 11.5 Å². The molecule has 112 valence electrons. The molecule has 3 rings (SSSR count). The van der Waals surface area contributed by atoms with Gasteiger partial charge in [-0.05, 0) is 36.8 Å². The molecule has 0 spiro atoms. The Kier molecular flexibility index (Phi) is 3.42. The molecule has 0 saturated heterocycles. The summed E-state index contributed by atoms with van der Waals surface area (Å²) in [7, 11) is 0. The van der Waals surface area contributed by atoms with Crippen LogP contribution in [0.25, 0.3) is 5.52 Å². The fourth-order valence-corrected chi connectivity index (χ4v) is 2.23. The van der Waals surface area contributed by atoms with Gasteiger partial charge in [-0.25, -0.2) is 9.78 Å². The quantitative estimate of drug-likeness (QED) is 0.773. The average Bonchev–Trinajstić information content (AvgIpc) is 2.83. The zero-order chi connectivity index (χ0) is 15.7. The molecule has 6 nitrogen and oxygen atoms in total. The van der Waals surface area contributed by atoms with Gasteiger partial charge in [0.25, 0.3) is 0 Å². The largest absolute Gasteiger partial charge is 0.508 e. The molecular formula is C16H14N2O4. The number of hydrogen-bond acceptors (Lipinski definition) is 4. The van der Waals surface area contributed by atoms with E-state index >= 15 is 0 Å². The lowest BCUT2D eigenvalue weighted by molar-refractivity contribution is 0.0693. The monoisotopic (exact) mass is 298 g/mol. The highest BCUT2D eigenvalue weighted by atomic mass is 16.5. The second-order valence-electron chi connectivity index (χ2n) is 4.93. The SMILES string of the molecule is Cc1ccn2c(COc3cccc(O)c3)nc(C(=O)O)c2c1. The predicted molar refractivity (Wildman–Crippen MR) is 79.3 cm³/mol. The second kappa shape index (κ2) is 5.40. The number of pyridine rings is 1. The average molecular weight is 298 g/mol. The summed E-state index contributed by atoms with van der Waals surface area (Å²) >= 11 is 0. The van der Waals surface area contributed by atoms with Crippen molar-refractivity contribution < 1.29 is 19.7 Å². The minimum Gasteiger partial charge on any atom is -0.508 e. The third kappa shape index (κ3) is 2.58. The van der Waals surface area contributed by atoms with Crippen molar-refractivity contribution in [2.75, 3.05) is 0 Å². The molecule has 0 amide bonds. The molecule has 2 aromatic heterocycles. The van der Waals surface area contributed by atoms with E-state index in [2.05, 4.69) is 4.98 Å². The van der Waals surface area contributed by atoms with Crippen LogP contribution in [0.1, 0.15) is 21.9 Å². The number of ether oxygens (including phenoxy) is 1. The normalized spacial score (nSPS) is 10.8. The van der Waals surface area contributed by atoms with Crippen molar-refractivity contribution in [3.05, 3.63) is 59.7 Å². The molecular weight excluding hydrogens is 284 g/mol. The fraction of sp³-hybridized carbons (Fsp3) is 0.125. The van der Waals surface area contributed by atoms with Crippen LogP contribution in [0.4, 0.5) is 0 Å². The lowest BCUT2D eigenvalue weighted by atomic mass is 10.2. The molecule has 0 atom stereocenters. The predicted octanol–water partition coefficient (Wildman–Crippen LogP) is 2.63. The lowest BCUT2D eigenvalue weighted by Gasteiger charge is -2.06. The van der Waals surface area contributed by atoms with Crippen molar-refractivity contribution in [3.63, 3.8) is 0 Å². The minimum atomic E-state index is -1.08. The number of carboxylic acid groups (broad SMARTS) is 1. The van der Waals surface area contributed by atoms with Gasteiger partial charge < -0.3 is 14.9 Å². The van der Waals surface area contributed by atoms with Gasteiger partial charge in [0, 0.05) is 12.3 Å². The van der Waals surface area contributed by atoms with Crippen LogP contribution >= 0.6 is 0 Å². The molecule has 22 heavy (non-hydrogen) atoms. The first kappa shape index (κ1) is 13.9. The summed E-state index contributed by atoms with van der Waals surface area (Å²) in [6, 6.07) is 10.0. The van der Waals surface area contributed by atoms with E-state index in [9.17, 15) is 15.0 Å². The summed E-state index contributed by atoms with van der Waals surface area (Å²) < 4.78 is 7.26. The van der Waals surface area contributed by atoms with Crippen LogP contribution in [-0.2, 0) is 6.61 Å². The highest BCUT2D eigenvalue weighted by molar-refractivity contribution is 5.93. The number of aryl methyl sites for hydroxylation is 1. The highest BCUT2D eigenvalue weighted by Gasteiger charge is 2.17. The number of rotatable bonds is 4. The van der Waals surface area contributed by atoms with Gasteiger partial charge in [-0.15, -0.1) is 0 Å². The van der Waals surface area contributed by atoms with Crippen molar-refractivity contribution >= 4 is 11.5 Å². The molecule has 0 aliphatic rings. The number of phenolic OH excluding ortho intramolecular Hbond substituents is 1. The molecule has 6 heteroatoms. The molecule has 2 heterocycles. The molecule has 0 bridgehead atoms. The lowest BCUT2D eigenvalue weighted by Crippen LogP contribution is -2.01. The summed E-state index contributed by atoms with van der Waals surface area (Å²) in [5.74, 6) is -0.00416. The number of carbonyl (C=O) groups is 1. The van der Waals surface area contributed by atoms with Crippen LogP contribution in [0.2, 0.25) is 0 Å². The minimum absolute atomic E-state index is 0.00166. The first-order chi connectivity index (χ1) is 10.5. The van der Waals surface area contributed by atoms with Gasteiger partial charge in [-0.1, -0.05) is 6.07 Å². The maximum atomic E-state index is 11.3. The van der Waals surface area contributed by atoms with Crippen molar-refractivity contribution in [2.24, 2.45) is 0 Å². The zero-order valence-corrected chi connectivity index (χ0v) is 11.9. The Bertz CT molecular complexity index is 854. The summed E-state index contributed by atoms with van der Waals surface area (Å²) in [4.78, 5) is 15.5. The summed E-state index contributed by atoms with van der Waals surface area (Å²) in [5.41, 5.74) is 1.48. The number of benzene rings is 1. The third-order valence-corrected chi connectivity index (χ3v) is 3.26. The van der Waals surface area contributed by atoms with E-state index < -0.39 is 5.97 Å². The van der Waals surface area contributed by atoms with Gasteiger partial charge in [0.05, 0.1) is 5.52 Å². The Balaban J connectivity index is 1.95. The van der Waals surface area contributed by atoms with E-state index in [1.54, 1.807) is 34.9 Å². The number of phenols is 1. The van der Waals surface area contributed by atoms with Crippen molar-refractivity contribution in [2.45, 2.75) is 13.5 Å². The maximum absolute atomic E-state index is 11.3. The maximum Gasteiger partial charge on any atom is 0.356 e. The van der Waals surface area contributed by atoms with Crippen molar-refractivity contribution in [1.29, 1.82) is 0 Å². The number of aromatic nitrogens is 2. The highest BCUT2D eigenvalue weighted by Crippen LogP contribution is 2.20. The standard InChI is InChI=1S/C16H14N2O4/c1-10-5-6-18-13(7-10)15(16(20)21)17-14(18)9-22-12-4-2-3-11(19)8-12/h2-8,19H,9H2,1H3,(H,20,21). The third-order valence-electron chi connectivity index (χ3n) is 3.26. The van der Waals surface area contributed by atoms with Crippen molar-refractivity contribution in [1.82, 2.24) is 9.38 Å². The number of fused-ring (bicyclic) bond motifs is 1. The number of aromatic hydroxyl groups is 1. The number of hydrogen-bond donors (Lipinski definition) is 2. The molecule has 0 radical (unpaired) electrons. The molecule has 1 aromatic carbocycles. The van der Waals surface area contributed by atoms with E-state index in [1.165, 1.54) is 6.07 Å². The fourth-order valence-electron chi connectivity index (χ4n) is 2.23. The smallest absolute Gasteiger partial charge is 0.356 e. The molecule has 3 aromatic rings. The molecule has 0 fully saturated rings. The Morgan fingerprint density at radius 2 is 2.14 bits per heavy atom. The van der Waals surface area contributed by atoms with E-state index in [0.29, 0.717) is 17.1 Å². The first-order valence-electron chi connectivity index (χ1n) is 6.67. The summed E-state index contributed by atoms with van der Waals surface area (Å²) in [6.07, 6.45) is 1.77. The molecule has 0 aliphatic heterocycles. The second-order valence-corrected chi connectivity index (χ2v) is 4.93. The van der Waals surface area contributed by atoms with Crippen LogP contribution in [-0.4, -0.2) is 25.6 Å². The Morgan fingerprint density at radius 1 is 1.32 bits per heavy atom. The van der Waals surface area contributed by atoms with Gasteiger partial charge in [-0.2, -0.15) is 0 Å². The first-order valence-corrected chi connectivity index (χ1v) is 6.67. The van der Waals surface area contributed by atoms with E-state index in [1.807, 2.05) is 13.0 Å².